The Bertz CT molecular complexity index is 555. The van der Waals surface area contributed by atoms with Crippen LogP contribution >= 0.6 is 11.6 Å². The molecule has 4 nitrogen and oxygen atoms in total. The number of hydrogen-bond donors (Lipinski definition) is 3. The normalized spacial score (nSPS) is 10.9. The second-order valence-corrected chi connectivity index (χ2v) is 8.51. The van der Waals surface area contributed by atoms with Crippen LogP contribution < -0.4 is 10.6 Å². The molecular formula is C24H41ClN2O2. The van der Waals surface area contributed by atoms with E-state index in [0.717, 1.165) is 12.8 Å². The third kappa shape index (κ3) is 12.7. The van der Waals surface area contributed by atoms with E-state index in [1.807, 2.05) is 0 Å². The molecule has 0 unspecified atom stereocenters. The van der Waals surface area contributed by atoms with Crippen molar-refractivity contribution in [3.63, 3.8) is 0 Å². The van der Waals surface area contributed by atoms with Gasteiger partial charge in [-0.05, 0) is 31.0 Å². The molecule has 1 rings (SSSR count). The number of anilines is 1. The number of rotatable bonds is 16. The Balaban J connectivity index is 1.91. The first-order valence-corrected chi connectivity index (χ1v) is 12.0. The molecule has 0 bridgehead atoms. The predicted octanol–water partition coefficient (Wildman–Crippen LogP) is 7.96. The van der Waals surface area contributed by atoms with Crippen LogP contribution in [0.2, 0.25) is 5.02 Å². The molecule has 0 atom stereocenters. The minimum atomic E-state index is -0.235. The number of phenols is 1. The number of phenolic OH excluding ortho intramolecular Hbond substituents is 1. The summed E-state index contributed by atoms with van der Waals surface area (Å²) in [7, 11) is 0. The van der Waals surface area contributed by atoms with E-state index in [1.165, 1.54) is 77.0 Å². The van der Waals surface area contributed by atoms with E-state index in [0.29, 0.717) is 17.8 Å². The lowest BCUT2D eigenvalue weighted by molar-refractivity contribution is 0.252. The Morgan fingerprint density at radius 2 is 1.34 bits per heavy atom. The highest BCUT2D eigenvalue weighted by Crippen LogP contribution is 2.30. The van der Waals surface area contributed by atoms with Gasteiger partial charge in [-0.3, -0.25) is 0 Å². The van der Waals surface area contributed by atoms with E-state index in [9.17, 15) is 9.90 Å². The molecule has 29 heavy (non-hydrogen) atoms. The maximum absolute atomic E-state index is 11.9. The molecule has 0 aliphatic carbocycles. The second-order valence-electron chi connectivity index (χ2n) is 8.10. The SMILES string of the molecule is CCCCCCCCCCCCCCCCNC(=O)Nc1cc(C)c(O)c(Cl)c1. The number of benzene rings is 1. The number of carbonyl (C=O) groups is 1. The highest BCUT2D eigenvalue weighted by Gasteiger charge is 2.07. The Labute approximate surface area is 182 Å². The summed E-state index contributed by atoms with van der Waals surface area (Å²) in [5.41, 5.74) is 1.23. The van der Waals surface area contributed by atoms with E-state index in [2.05, 4.69) is 17.6 Å². The number of aryl methyl sites for hydroxylation is 1. The molecule has 0 spiro atoms. The standard InChI is InChI=1S/C24H41ClN2O2/c1-3-4-5-6-7-8-9-10-11-12-13-14-15-16-17-26-24(29)27-21-18-20(2)23(28)22(25)19-21/h18-19,28H,3-17H2,1-2H3,(H2,26,27,29). The second kappa shape index (κ2) is 16.4. The van der Waals surface area contributed by atoms with Crippen LogP contribution in [-0.4, -0.2) is 17.7 Å². The monoisotopic (exact) mass is 424 g/mol. The average molecular weight is 425 g/mol. The van der Waals surface area contributed by atoms with Crippen molar-refractivity contribution in [3.8, 4) is 5.75 Å². The van der Waals surface area contributed by atoms with Gasteiger partial charge in [-0.1, -0.05) is 102 Å². The molecule has 0 aliphatic heterocycles. The third-order valence-corrected chi connectivity index (χ3v) is 5.62. The Kier molecular flexibility index (Phi) is 14.5. The Hall–Kier alpha value is -1.42. The summed E-state index contributed by atoms with van der Waals surface area (Å²) >= 11 is 5.93. The quantitative estimate of drug-likeness (QED) is 0.186. The largest absolute Gasteiger partial charge is 0.506 e. The first-order chi connectivity index (χ1) is 14.0. The van der Waals surface area contributed by atoms with Crippen molar-refractivity contribution in [1.82, 2.24) is 5.32 Å². The molecule has 1 aromatic rings. The van der Waals surface area contributed by atoms with Crippen LogP contribution in [0.1, 0.15) is 102 Å². The fourth-order valence-corrected chi connectivity index (χ4v) is 3.77. The van der Waals surface area contributed by atoms with E-state index >= 15 is 0 Å². The van der Waals surface area contributed by atoms with E-state index in [1.54, 1.807) is 19.1 Å². The van der Waals surface area contributed by atoms with Gasteiger partial charge in [-0.2, -0.15) is 0 Å². The highest BCUT2D eigenvalue weighted by molar-refractivity contribution is 6.32. The molecule has 0 saturated carbocycles. The van der Waals surface area contributed by atoms with Gasteiger partial charge in [0.1, 0.15) is 5.75 Å². The predicted molar refractivity (Wildman–Crippen MR) is 125 cm³/mol. The molecule has 0 aliphatic rings. The smallest absolute Gasteiger partial charge is 0.319 e. The van der Waals surface area contributed by atoms with Gasteiger partial charge in [-0.15, -0.1) is 0 Å². The molecule has 0 radical (unpaired) electrons. The minimum absolute atomic E-state index is 0.0556. The van der Waals surface area contributed by atoms with Crippen molar-refractivity contribution in [1.29, 1.82) is 0 Å². The molecule has 2 amide bonds. The molecule has 5 heteroatoms. The zero-order valence-electron chi connectivity index (χ0n) is 18.5. The lowest BCUT2D eigenvalue weighted by Gasteiger charge is -2.10. The van der Waals surface area contributed by atoms with E-state index in [-0.39, 0.29) is 16.8 Å². The number of aromatic hydroxyl groups is 1. The molecule has 0 fully saturated rings. The van der Waals surface area contributed by atoms with Crippen LogP contribution in [0.15, 0.2) is 12.1 Å². The highest BCUT2D eigenvalue weighted by atomic mass is 35.5. The average Bonchev–Trinajstić information content (AvgIpc) is 2.69. The van der Waals surface area contributed by atoms with Gasteiger partial charge in [0.15, 0.2) is 0 Å². The van der Waals surface area contributed by atoms with Crippen LogP contribution in [-0.2, 0) is 0 Å². The van der Waals surface area contributed by atoms with Crippen LogP contribution in [0, 0.1) is 6.92 Å². The van der Waals surface area contributed by atoms with Gasteiger partial charge in [0.25, 0.3) is 0 Å². The summed E-state index contributed by atoms with van der Waals surface area (Å²) in [5, 5.41) is 15.5. The summed E-state index contributed by atoms with van der Waals surface area (Å²) in [6.45, 7) is 4.69. The summed E-state index contributed by atoms with van der Waals surface area (Å²) in [6.07, 6.45) is 18.6. The maximum Gasteiger partial charge on any atom is 0.319 e. The lowest BCUT2D eigenvalue weighted by atomic mass is 10.0. The first-order valence-electron chi connectivity index (χ1n) is 11.6. The first kappa shape index (κ1) is 25.6. The summed E-state index contributed by atoms with van der Waals surface area (Å²) in [5.74, 6) is 0.0556. The van der Waals surface area contributed by atoms with E-state index in [4.69, 9.17) is 11.6 Å². The molecule has 0 saturated heterocycles. The number of urea groups is 1. The summed E-state index contributed by atoms with van der Waals surface area (Å²) in [6, 6.07) is 3.02. The van der Waals surface area contributed by atoms with Gasteiger partial charge in [0, 0.05) is 12.2 Å². The van der Waals surface area contributed by atoms with Crippen molar-refractivity contribution in [3.05, 3.63) is 22.7 Å². The van der Waals surface area contributed by atoms with Gasteiger partial charge in [0.2, 0.25) is 0 Å². The maximum atomic E-state index is 11.9. The Morgan fingerprint density at radius 1 is 0.862 bits per heavy atom. The van der Waals surface area contributed by atoms with Crippen molar-refractivity contribution >= 4 is 23.3 Å². The zero-order valence-corrected chi connectivity index (χ0v) is 19.3. The molecular weight excluding hydrogens is 384 g/mol. The van der Waals surface area contributed by atoms with Crippen LogP contribution in [0.25, 0.3) is 0 Å². The summed E-state index contributed by atoms with van der Waals surface area (Å²) in [4.78, 5) is 11.9. The van der Waals surface area contributed by atoms with E-state index < -0.39 is 0 Å². The van der Waals surface area contributed by atoms with Gasteiger partial charge < -0.3 is 15.7 Å². The lowest BCUT2D eigenvalue weighted by Crippen LogP contribution is -2.29. The minimum Gasteiger partial charge on any atom is -0.506 e. The van der Waals surface area contributed by atoms with Crippen molar-refractivity contribution in [2.75, 3.05) is 11.9 Å². The van der Waals surface area contributed by atoms with Crippen LogP contribution in [0.3, 0.4) is 0 Å². The van der Waals surface area contributed by atoms with Crippen molar-refractivity contribution in [2.24, 2.45) is 0 Å². The zero-order chi connectivity index (χ0) is 21.3. The van der Waals surface area contributed by atoms with Gasteiger partial charge in [-0.25, -0.2) is 4.79 Å². The number of unbranched alkanes of at least 4 members (excludes halogenated alkanes) is 13. The van der Waals surface area contributed by atoms with Gasteiger partial charge >= 0.3 is 6.03 Å². The third-order valence-electron chi connectivity index (χ3n) is 5.33. The van der Waals surface area contributed by atoms with Crippen molar-refractivity contribution < 1.29 is 9.90 Å². The van der Waals surface area contributed by atoms with Gasteiger partial charge in [0.05, 0.1) is 5.02 Å². The number of hydrogen-bond acceptors (Lipinski definition) is 2. The fourth-order valence-electron chi connectivity index (χ4n) is 3.51. The molecule has 0 aromatic heterocycles. The number of nitrogens with one attached hydrogen (secondary N) is 2. The molecule has 1 aromatic carbocycles. The number of amides is 2. The number of halogens is 1. The fraction of sp³-hybridized carbons (Fsp3) is 0.708. The number of carbonyl (C=O) groups excluding carboxylic acids is 1. The summed E-state index contributed by atoms with van der Waals surface area (Å²) < 4.78 is 0. The van der Waals surface area contributed by atoms with Crippen molar-refractivity contribution in [2.45, 2.75) is 104 Å². The molecule has 0 heterocycles. The molecule has 166 valence electrons. The molecule has 3 N–H and O–H groups in total. The Morgan fingerprint density at radius 3 is 1.83 bits per heavy atom. The van der Waals surface area contributed by atoms with Crippen LogP contribution in [0.4, 0.5) is 10.5 Å². The topological polar surface area (TPSA) is 61.4 Å². The van der Waals surface area contributed by atoms with Crippen LogP contribution in [0.5, 0.6) is 5.75 Å².